The number of thiol groups is 1. The summed E-state index contributed by atoms with van der Waals surface area (Å²) >= 11 is 4.13. The predicted octanol–water partition coefficient (Wildman–Crippen LogP) is 2.64. The zero-order chi connectivity index (χ0) is 12.1. The number of rotatable bonds is 5. The van der Waals surface area contributed by atoms with Gasteiger partial charge in [-0.3, -0.25) is 0 Å². The smallest absolute Gasteiger partial charge is 0.124 e. The van der Waals surface area contributed by atoms with E-state index >= 15 is 0 Å². The maximum absolute atomic E-state index is 5.41. The normalized spacial score (nSPS) is 10.6. The Morgan fingerprint density at radius 3 is 2.50 bits per heavy atom. The lowest BCUT2D eigenvalue weighted by Crippen LogP contribution is -2.15. The number of aryl methyl sites for hydroxylation is 1. The van der Waals surface area contributed by atoms with Gasteiger partial charge in [0.15, 0.2) is 0 Å². The zero-order valence-corrected chi connectivity index (χ0v) is 11.4. The number of hydrogen-bond donors (Lipinski definition) is 2. The predicted molar refractivity (Wildman–Crippen MR) is 72.8 cm³/mol. The highest BCUT2D eigenvalue weighted by molar-refractivity contribution is 7.80. The molecule has 0 heterocycles. The quantitative estimate of drug-likeness (QED) is 0.468. The average Bonchev–Trinajstić information content (AvgIpc) is 2.26. The van der Waals surface area contributed by atoms with Crippen LogP contribution in [0.2, 0.25) is 0 Å². The Kier molecular flexibility index (Phi) is 5.16. The molecule has 2 nitrogen and oxygen atoms in total. The fourth-order valence-corrected chi connectivity index (χ4v) is 2.18. The molecular formula is C13H21NOS. The summed E-state index contributed by atoms with van der Waals surface area (Å²) < 4.78 is 5.41. The molecule has 0 aromatic heterocycles. The second kappa shape index (κ2) is 6.16. The first-order chi connectivity index (χ1) is 7.61. The van der Waals surface area contributed by atoms with E-state index in [1.807, 2.05) is 0 Å². The van der Waals surface area contributed by atoms with Crippen molar-refractivity contribution in [1.29, 1.82) is 0 Å². The minimum atomic E-state index is 0.729. The Morgan fingerprint density at radius 2 is 1.94 bits per heavy atom. The van der Waals surface area contributed by atoms with Crippen LogP contribution in [0.3, 0.4) is 0 Å². The van der Waals surface area contributed by atoms with E-state index in [1.165, 1.54) is 22.3 Å². The summed E-state index contributed by atoms with van der Waals surface area (Å²) in [4.78, 5) is 0. The van der Waals surface area contributed by atoms with Crippen molar-refractivity contribution in [3.8, 4) is 5.75 Å². The van der Waals surface area contributed by atoms with Crippen LogP contribution in [0.25, 0.3) is 0 Å². The van der Waals surface area contributed by atoms with Gasteiger partial charge in [-0.15, -0.1) is 0 Å². The SMILES string of the molecule is COc1c(C)cc(CCNCS)c(C)c1C. The number of hydrogen-bond acceptors (Lipinski definition) is 3. The molecule has 1 N–H and O–H groups in total. The van der Waals surface area contributed by atoms with Crippen LogP contribution in [0, 0.1) is 20.8 Å². The van der Waals surface area contributed by atoms with E-state index in [4.69, 9.17) is 4.74 Å². The molecule has 0 aliphatic rings. The third-order valence-electron chi connectivity index (χ3n) is 3.02. The van der Waals surface area contributed by atoms with E-state index in [9.17, 15) is 0 Å². The van der Waals surface area contributed by atoms with Gasteiger partial charge in [-0.05, 0) is 56.0 Å². The molecule has 0 fully saturated rings. The average molecular weight is 239 g/mol. The molecule has 0 spiro atoms. The molecule has 3 heteroatoms. The largest absolute Gasteiger partial charge is 0.496 e. The van der Waals surface area contributed by atoms with Crippen LogP contribution in [-0.4, -0.2) is 19.5 Å². The lowest BCUT2D eigenvalue weighted by atomic mass is 9.96. The molecule has 0 amide bonds. The molecule has 1 aromatic carbocycles. The molecule has 0 radical (unpaired) electrons. The maximum Gasteiger partial charge on any atom is 0.124 e. The van der Waals surface area contributed by atoms with Crippen LogP contribution in [0.15, 0.2) is 6.07 Å². The summed E-state index contributed by atoms with van der Waals surface area (Å²) in [6, 6.07) is 2.22. The van der Waals surface area contributed by atoms with E-state index in [1.54, 1.807) is 7.11 Å². The molecule has 0 saturated carbocycles. The number of benzene rings is 1. The van der Waals surface area contributed by atoms with Gasteiger partial charge in [-0.25, -0.2) is 0 Å². The zero-order valence-electron chi connectivity index (χ0n) is 10.6. The van der Waals surface area contributed by atoms with Crippen LogP contribution in [0.1, 0.15) is 22.3 Å². The van der Waals surface area contributed by atoms with Gasteiger partial charge >= 0.3 is 0 Å². The van der Waals surface area contributed by atoms with Gasteiger partial charge in [-0.2, -0.15) is 12.6 Å². The number of nitrogens with one attached hydrogen (secondary N) is 1. The van der Waals surface area contributed by atoms with Gasteiger partial charge in [0.1, 0.15) is 5.75 Å². The van der Waals surface area contributed by atoms with Gasteiger partial charge < -0.3 is 10.1 Å². The van der Waals surface area contributed by atoms with Crippen molar-refractivity contribution in [2.45, 2.75) is 27.2 Å². The van der Waals surface area contributed by atoms with Gasteiger partial charge in [0.2, 0.25) is 0 Å². The summed E-state index contributed by atoms with van der Waals surface area (Å²) in [5.74, 6) is 1.75. The first kappa shape index (κ1) is 13.4. The van der Waals surface area contributed by atoms with Gasteiger partial charge in [0.25, 0.3) is 0 Å². The summed E-state index contributed by atoms with van der Waals surface area (Å²) in [5, 5.41) is 3.22. The molecule has 16 heavy (non-hydrogen) atoms. The third-order valence-corrected chi connectivity index (χ3v) is 3.24. The van der Waals surface area contributed by atoms with E-state index < -0.39 is 0 Å². The van der Waals surface area contributed by atoms with E-state index in [2.05, 4.69) is 44.8 Å². The fraction of sp³-hybridized carbons (Fsp3) is 0.538. The standard InChI is InChI=1S/C13H21NOS/c1-9-7-12(5-6-14-8-16)10(2)11(3)13(9)15-4/h7,14,16H,5-6,8H2,1-4H3. The van der Waals surface area contributed by atoms with Crippen molar-refractivity contribution in [3.63, 3.8) is 0 Å². The molecule has 0 unspecified atom stereocenters. The summed E-state index contributed by atoms with van der Waals surface area (Å²) in [6.45, 7) is 7.35. The van der Waals surface area contributed by atoms with E-state index in [0.29, 0.717) is 0 Å². The lowest BCUT2D eigenvalue weighted by molar-refractivity contribution is 0.408. The minimum Gasteiger partial charge on any atom is -0.496 e. The van der Waals surface area contributed by atoms with Crippen molar-refractivity contribution >= 4 is 12.6 Å². The molecule has 0 aliphatic heterocycles. The second-order valence-corrected chi connectivity index (χ2v) is 4.36. The molecule has 0 saturated heterocycles. The molecule has 90 valence electrons. The van der Waals surface area contributed by atoms with Crippen LogP contribution >= 0.6 is 12.6 Å². The van der Waals surface area contributed by atoms with E-state index in [-0.39, 0.29) is 0 Å². The Bertz CT molecular complexity index is 363. The molecule has 1 rings (SSSR count). The molecule has 1 aromatic rings. The van der Waals surface area contributed by atoms with Gasteiger partial charge in [0, 0.05) is 5.88 Å². The first-order valence-corrected chi connectivity index (χ1v) is 6.20. The van der Waals surface area contributed by atoms with E-state index in [0.717, 1.165) is 24.6 Å². The van der Waals surface area contributed by atoms with Crippen LogP contribution in [0.5, 0.6) is 5.75 Å². The first-order valence-electron chi connectivity index (χ1n) is 5.57. The highest BCUT2D eigenvalue weighted by atomic mass is 32.1. The summed E-state index contributed by atoms with van der Waals surface area (Å²) in [7, 11) is 1.73. The highest BCUT2D eigenvalue weighted by Crippen LogP contribution is 2.28. The monoisotopic (exact) mass is 239 g/mol. The van der Waals surface area contributed by atoms with Crippen molar-refractivity contribution in [2.24, 2.45) is 0 Å². The Balaban J connectivity index is 2.94. The van der Waals surface area contributed by atoms with Crippen LogP contribution < -0.4 is 10.1 Å². The second-order valence-electron chi connectivity index (χ2n) is 4.04. The third kappa shape index (κ3) is 2.92. The van der Waals surface area contributed by atoms with Crippen molar-refractivity contribution in [1.82, 2.24) is 5.32 Å². The maximum atomic E-state index is 5.41. The molecular weight excluding hydrogens is 218 g/mol. The van der Waals surface area contributed by atoms with Gasteiger partial charge in [0.05, 0.1) is 7.11 Å². The molecule has 0 atom stereocenters. The lowest BCUT2D eigenvalue weighted by Gasteiger charge is -2.15. The summed E-state index contributed by atoms with van der Waals surface area (Å²) in [6.07, 6.45) is 1.04. The van der Waals surface area contributed by atoms with Crippen molar-refractivity contribution in [3.05, 3.63) is 28.3 Å². The van der Waals surface area contributed by atoms with Crippen LogP contribution in [0.4, 0.5) is 0 Å². The Morgan fingerprint density at radius 1 is 1.25 bits per heavy atom. The summed E-state index contributed by atoms with van der Waals surface area (Å²) in [5.41, 5.74) is 5.20. The number of ether oxygens (including phenoxy) is 1. The van der Waals surface area contributed by atoms with Gasteiger partial charge in [-0.1, -0.05) is 6.07 Å². The molecule has 0 aliphatic carbocycles. The topological polar surface area (TPSA) is 21.3 Å². The molecule has 0 bridgehead atoms. The minimum absolute atomic E-state index is 0.729. The number of methoxy groups -OCH3 is 1. The Hall–Kier alpha value is -0.670. The highest BCUT2D eigenvalue weighted by Gasteiger charge is 2.09. The Labute approximate surface area is 104 Å². The van der Waals surface area contributed by atoms with Crippen LogP contribution in [-0.2, 0) is 6.42 Å². The van der Waals surface area contributed by atoms with Crippen molar-refractivity contribution < 1.29 is 4.74 Å². The fourth-order valence-electron chi connectivity index (χ4n) is 2.02. The van der Waals surface area contributed by atoms with Crippen molar-refractivity contribution in [2.75, 3.05) is 19.5 Å².